The maximum Gasteiger partial charge on any atom is 0.337 e. The zero-order chi connectivity index (χ0) is 29.8. The maximum atomic E-state index is 13.2. The van der Waals surface area contributed by atoms with Gasteiger partial charge < -0.3 is 20.4 Å². The van der Waals surface area contributed by atoms with E-state index in [-0.39, 0.29) is 53.3 Å². The van der Waals surface area contributed by atoms with Crippen LogP contribution in [0.1, 0.15) is 122 Å². The van der Waals surface area contributed by atoms with Crippen molar-refractivity contribution in [2.45, 2.75) is 127 Å². The number of aliphatic hydroxyl groups is 1. The van der Waals surface area contributed by atoms with Gasteiger partial charge >= 0.3 is 17.9 Å². The summed E-state index contributed by atoms with van der Waals surface area (Å²) in [4.78, 5) is 38.7. The largest absolute Gasteiger partial charge is 0.481 e. The minimum atomic E-state index is -2.99. The minimum absolute atomic E-state index is 0.137. The van der Waals surface area contributed by atoms with Gasteiger partial charge in [0, 0.05) is 0 Å². The number of rotatable bonds is 17. The second-order valence-corrected chi connectivity index (χ2v) is 14.3. The molecule has 37 heavy (non-hydrogen) atoms. The number of hydrogen-bond donors (Lipinski definition) is 4. The Morgan fingerprint density at radius 2 is 0.892 bits per heavy atom. The first kappa shape index (κ1) is 35.4. The number of carboxylic acid groups (broad SMARTS) is 3. The molecule has 0 bridgehead atoms. The van der Waals surface area contributed by atoms with Crippen LogP contribution in [0.5, 0.6) is 0 Å². The third kappa shape index (κ3) is 7.93. The molecule has 0 aromatic heterocycles. The molecule has 7 heteroatoms. The van der Waals surface area contributed by atoms with E-state index in [0.717, 1.165) is 0 Å². The summed E-state index contributed by atoms with van der Waals surface area (Å²) in [5.41, 5.74) is -6.17. The molecule has 0 amide bonds. The van der Waals surface area contributed by atoms with Crippen LogP contribution in [-0.4, -0.2) is 43.9 Å². The van der Waals surface area contributed by atoms with Gasteiger partial charge in [0.05, 0.1) is 5.92 Å². The lowest BCUT2D eigenvalue weighted by molar-refractivity contribution is -0.209. The molecule has 0 aromatic carbocycles. The molecule has 0 radical (unpaired) electrons. The Hall–Kier alpha value is -1.63. The van der Waals surface area contributed by atoms with Crippen molar-refractivity contribution in [3.05, 3.63) is 0 Å². The van der Waals surface area contributed by atoms with Crippen molar-refractivity contribution in [2.24, 2.45) is 45.3 Å². The van der Waals surface area contributed by atoms with Crippen LogP contribution in [0.15, 0.2) is 0 Å². The summed E-state index contributed by atoms with van der Waals surface area (Å²) in [5, 5.41) is 43.5. The monoisotopic (exact) mass is 528 g/mol. The second kappa shape index (κ2) is 12.5. The molecule has 0 aliphatic heterocycles. The van der Waals surface area contributed by atoms with E-state index in [4.69, 9.17) is 0 Å². The summed E-state index contributed by atoms with van der Waals surface area (Å²) in [7, 11) is 0. The summed E-state index contributed by atoms with van der Waals surface area (Å²) in [6.07, 6.45) is 0.585. The summed E-state index contributed by atoms with van der Waals surface area (Å²) in [5.74, 6) is -5.97. The van der Waals surface area contributed by atoms with Crippen LogP contribution in [0.4, 0.5) is 0 Å². The summed E-state index contributed by atoms with van der Waals surface area (Å²) < 4.78 is 0. The summed E-state index contributed by atoms with van der Waals surface area (Å²) in [6, 6.07) is 0. The molecule has 4 N–H and O–H groups in total. The Balaban J connectivity index is 7.08. The van der Waals surface area contributed by atoms with Crippen molar-refractivity contribution in [3.63, 3.8) is 0 Å². The van der Waals surface area contributed by atoms with Crippen molar-refractivity contribution >= 4 is 17.9 Å². The zero-order valence-corrected chi connectivity index (χ0v) is 25.6. The smallest absolute Gasteiger partial charge is 0.337 e. The minimum Gasteiger partial charge on any atom is -0.481 e. The number of carbonyl (C=O) groups is 3. The highest BCUT2D eigenvalue weighted by atomic mass is 16.4. The van der Waals surface area contributed by atoms with Gasteiger partial charge in [-0.2, -0.15) is 0 Å². The first-order valence-electron chi connectivity index (χ1n) is 13.8. The van der Waals surface area contributed by atoms with E-state index in [0.29, 0.717) is 19.3 Å². The molecule has 0 saturated carbocycles. The van der Waals surface area contributed by atoms with Gasteiger partial charge in [0.1, 0.15) is 5.41 Å². The van der Waals surface area contributed by atoms with Gasteiger partial charge in [-0.15, -0.1) is 0 Å². The van der Waals surface area contributed by atoms with Gasteiger partial charge in [-0.25, -0.2) is 4.79 Å². The highest BCUT2D eigenvalue weighted by Gasteiger charge is 2.66. The maximum absolute atomic E-state index is 13.2. The Kier molecular flexibility index (Phi) is 11.9. The Morgan fingerprint density at radius 3 is 1.14 bits per heavy atom. The second-order valence-electron chi connectivity index (χ2n) is 14.3. The van der Waals surface area contributed by atoms with Crippen molar-refractivity contribution in [1.29, 1.82) is 0 Å². The molecule has 0 aromatic rings. The van der Waals surface area contributed by atoms with Crippen LogP contribution < -0.4 is 0 Å². The van der Waals surface area contributed by atoms with Gasteiger partial charge in [-0.3, -0.25) is 9.59 Å². The third-order valence-electron chi connectivity index (χ3n) is 10.4. The molecule has 0 spiro atoms. The van der Waals surface area contributed by atoms with Crippen molar-refractivity contribution in [3.8, 4) is 0 Å². The highest BCUT2D eigenvalue weighted by molar-refractivity contribution is 5.93. The van der Waals surface area contributed by atoms with Crippen LogP contribution in [-0.2, 0) is 14.4 Å². The molecule has 218 valence electrons. The number of aliphatic carboxylic acids is 3. The Bertz CT molecular complexity index is 768. The van der Waals surface area contributed by atoms with Gasteiger partial charge in [0.25, 0.3) is 0 Å². The molecule has 0 rings (SSSR count). The normalized spacial score (nSPS) is 16.2. The van der Waals surface area contributed by atoms with Crippen molar-refractivity contribution in [1.82, 2.24) is 0 Å². The number of carboxylic acids is 3. The van der Waals surface area contributed by atoms with E-state index in [1.807, 2.05) is 83.1 Å². The predicted octanol–water partition coefficient (Wildman–Crippen LogP) is 6.96. The Labute approximate surface area is 225 Å². The van der Waals surface area contributed by atoms with E-state index in [1.165, 1.54) is 0 Å². The van der Waals surface area contributed by atoms with Crippen LogP contribution in [0.2, 0.25) is 0 Å². The number of hydrogen-bond acceptors (Lipinski definition) is 4. The standard InChI is InChI=1S/C30H56O7/c1-19(2)26(7,8)14-13-22(23(31)32)30(37,25(35)36)29(24(33)34,17-15-27(9,10)20(3)4)18-16-28(11,12)21(5)6/h19-22,37H,13-18H2,1-12H3,(H,31,32)(H,33,34)(H,35,36). The molecule has 0 heterocycles. The summed E-state index contributed by atoms with van der Waals surface area (Å²) in [6.45, 7) is 24.0. The van der Waals surface area contributed by atoms with Gasteiger partial charge in [-0.1, -0.05) is 83.1 Å². The lowest BCUT2D eigenvalue weighted by Gasteiger charge is -2.47. The van der Waals surface area contributed by atoms with E-state index in [1.54, 1.807) is 0 Å². The average Bonchev–Trinajstić information content (AvgIpc) is 2.72. The molecular formula is C30H56O7. The van der Waals surface area contributed by atoms with Gasteiger partial charge in [0.2, 0.25) is 0 Å². The van der Waals surface area contributed by atoms with Crippen molar-refractivity contribution in [2.75, 3.05) is 0 Å². The summed E-state index contributed by atoms with van der Waals surface area (Å²) >= 11 is 0. The molecular weight excluding hydrogens is 472 g/mol. The Morgan fingerprint density at radius 1 is 0.568 bits per heavy atom. The zero-order valence-electron chi connectivity index (χ0n) is 25.6. The highest BCUT2D eigenvalue weighted by Crippen LogP contribution is 2.52. The molecule has 2 unspecified atom stereocenters. The predicted molar refractivity (Wildman–Crippen MR) is 147 cm³/mol. The van der Waals surface area contributed by atoms with E-state index < -0.39 is 34.8 Å². The third-order valence-corrected chi connectivity index (χ3v) is 10.4. The first-order chi connectivity index (χ1) is 16.4. The SMILES string of the molecule is CC(C)C(C)(C)CCC(C(=O)O)C(O)(C(=O)O)C(CCC(C)(C)C(C)C)(CCC(C)(C)C(C)C)C(=O)O. The molecule has 7 nitrogen and oxygen atoms in total. The van der Waals surface area contributed by atoms with E-state index >= 15 is 0 Å². The molecule has 0 aliphatic carbocycles. The fraction of sp³-hybridized carbons (Fsp3) is 0.900. The van der Waals surface area contributed by atoms with E-state index in [9.17, 15) is 34.8 Å². The molecule has 2 atom stereocenters. The van der Waals surface area contributed by atoms with Crippen molar-refractivity contribution < 1.29 is 34.8 Å². The molecule has 0 saturated heterocycles. The lowest BCUT2D eigenvalue weighted by Crippen LogP contribution is -2.64. The van der Waals surface area contributed by atoms with Crippen LogP contribution in [0.25, 0.3) is 0 Å². The van der Waals surface area contributed by atoms with Crippen LogP contribution in [0, 0.1) is 45.3 Å². The molecule has 0 fully saturated rings. The fourth-order valence-corrected chi connectivity index (χ4v) is 4.53. The van der Waals surface area contributed by atoms with Crippen LogP contribution in [0.3, 0.4) is 0 Å². The van der Waals surface area contributed by atoms with Crippen LogP contribution >= 0.6 is 0 Å². The quantitative estimate of drug-likeness (QED) is 0.160. The van der Waals surface area contributed by atoms with E-state index in [2.05, 4.69) is 0 Å². The topological polar surface area (TPSA) is 132 Å². The van der Waals surface area contributed by atoms with Gasteiger partial charge in [-0.05, 0) is 72.5 Å². The fourth-order valence-electron chi connectivity index (χ4n) is 4.53. The first-order valence-corrected chi connectivity index (χ1v) is 13.8. The lowest BCUT2D eigenvalue weighted by atomic mass is 9.56. The average molecular weight is 529 g/mol. The van der Waals surface area contributed by atoms with Gasteiger partial charge in [0.15, 0.2) is 5.60 Å². The molecule has 0 aliphatic rings.